The lowest BCUT2D eigenvalue weighted by Gasteiger charge is -2.07. The van der Waals surface area contributed by atoms with Crippen LogP contribution in [0.3, 0.4) is 0 Å². The Kier molecular flexibility index (Phi) is 3.08. The average Bonchev–Trinajstić information content (AvgIpc) is 3.19. The van der Waals surface area contributed by atoms with Gasteiger partial charge in [-0.15, -0.1) is 0 Å². The first-order chi connectivity index (χ1) is 9.45. The van der Waals surface area contributed by atoms with Gasteiger partial charge < -0.3 is 0 Å². The number of alkyl halides is 3. The third kappa shape index (κ3) is 2.58. The second-order valence-corrected chi connectivity index (χ2v) is 5.48. The molecule has 1 fully saturated rings. The SMILES string of the molecule is Cc1ccc([C@@H]2C[C@H]2c2ccc(C(F)(F)F)cc2)cc1. The summed E-state index contributed by atoms with van der Waals surface area (Å²) in [4.78, 5) is 0. The van der Waals surface area contributed by atoms with Crippen LogP contribution < -0.4 is 0 Å². The summed E-state index contributed by atoms with van der Waals surface area (Å²) in [6, 6.07) is 14.0. The van der Waals surface area contributed by atoms with Crippen LogP contribution in [0.5, 0.6) is 0 Å². The van der Waals surface area contributed by atoms with Gasteiger partial charge >= 0.3 is 6.18 Å². The molecule has 0 heterocycles. The Balaban J connectivity index is 1.74. The number of halogens is 3. The van der Waals surface area contributed by atoms with Crippen molar-refractivity contribution in [2.45, 2.75) is 31.4 Å². The zero-order valence-electron chi connectivity index (χ0n) is 11.1. The first-order valence-electron chi connectivity index (χ1n) is 6.69. The van der Waals surface area contributed by atoms with E-state index in [1.54, 1.807) is 12.1 Å². The van der Waals surface area contributed by atoms with Gasteiger partial charge in [-0.3, -0.25) is 0 Å². The van der Waals surface area contributed by atoms with Crippen molar-refractivity contribution < 1.29 is 13.2 Å². The summed E-state index contributed by atoms with van der Waals surface area (Å²) in [6.45, 7) is 2.05. The highest BCUT2D eigenvalue weighted by atomic mass is 19.4. The summed E-state index contributed by atoms with van der Waals surface area (Å²) in [5.74, 6) is 0.812. The molecular formula is C17H15F3. The quantitative estimate of drug-likeness (QED) is 0.699. The van der Waals surface area contributed by atoms with Crippen molar-refractivity contribution in [2.24, 2.45) is 0 Å². The van der Waals surface area contributed by atoms with Crippen LogP contribution in [0.25, 0.3) is 0 Å². The lowest BCUT2D eigenvalue weighted by molar-refractivity contribution is -0.137. The molecule has 2 atom stereocenters. The van der Waals surface area contributed by atoms with Gasteiger partial charge in [0.15, 0.2) is 0 Å². The highest BCUT2D eigenvalue weighted by Crippen LogP contribution is 2.54. The maximum absolute atomic E-state index is 12.5. The van der Waals surface area contributed by atoms with Gasteiger partial charge in [0, 0.05) is 0 Å². The predicted octanol–water partition coefficient (Wildman–Crippen LogP) is 5.28. The van der Waals surface area contributed by atoms with Gasteiger partial charge in [0.25, 0.3) is 0 Å². The van der Waals surface area contributed by atoms with E-state index in [-0.39, 0.29) is 0 Å². The van der Waals surface area contributed by atoms with Crippen LogP contribution in [0.4, 0.5) is 13.2 Å². The molecule has 0 bridgehead atoms. The highest BCUT2D eigenvalue weighted by molar-refractivity contribution is 5.38. The summed E-state index contributed by atoms with van der Waals surface area (Å²) < 4.78 is 37.5. The monoisotopic (exact) mass is 276 g/mol. The van der Waals surface area contributed by atoms with Crippen molar-refractivity contribution in [2.75, 3.05) is 0 Å². The Hall–Kier alpha value is -1.77. The van der Waals surface area contributed by atoms with Gasteiger partial charge in [-0.1, -0.05) is 42.0 Å². The van der Waals surface area contributed by atoms with Gasteiger partial charge in [-0.2, -0.15) is 13.2 Å². The number of hydrogen-bond donors (Lipinski definition) is 0. The standard InChI is InChI=1S/C17H15F3/c1-11-2-4-12(5-3-11)15-10-16(15)13-6-8-14(9-7-13)17(18,19)20/h2-9,15-16H,10H2,1H3/t15-,16-/m0/s1. The van der Waals surface area contributed by atoms with E-state index >= 15 is 0 Å². The molecule has 1 aliphatic carbocycles. The summed E-state index contributed by atoms with van der Waals surface area (Å²) in [5.41, 5.74) is 2.93. The van der Waals surface area contributed by atoms with Crippen molar-refractivity contribution >= 4 is 0 Å². The molecule has 20 heavy (non-hydrogen) atoms. The molecule has 0 aromatic heterocycles. The molecule has 3 rings (SSSR count). The molecule has 3 heteroatoms. The number of rotatable bonds is 2. The maximum Gasteiger partial charge on any atom is 0.416 e. The van der Waals surface area contributed by atoms with E-state index in [1.807, 2.05) is 6.92 Å². The lowest BCUT2D eigenvalue weighted by Crippen LogP contribution is -2.04. The summed E-state index contributed by atoms with van der Waals surface area (Å²) in [5, 5.41) is 0. The molecule has 1 saturated carbocycles. The highest BCUT2D eigenvalue weighted by Gasteiger charge is 2.39. The van der Waals surface area contributed by atoms with Crippen LogP contribution in [0, 0.1) is 6.92 Å². The normalized spacial score (nSPS) is 21.8. The van der Waals surface area contributed by atoms with Gasteiger partial charge in [0.05, 0.1) is 5.56 Å². The van der Waals surface area contributed by atoms with Crippen molar-refractivity contribution in [1.29, 1.82) is 0 Å². The van der Waals surface area contributed by atoms with Gasteiger partial charge in [-0.05, 0) is 48.4 Å². The van der Waals surface area contributed by atoms with Crippen molar-refractivity contribution in [3.63, 3.8) is 0 Å². The van der Waals surface area contributed by atoms with Crippen molar-refractivity contribution in [1.82, 2.24) is 0 Å². The molecule has 0 aliphatic heterocycles. The fourth-order valence-electron chi connectivity index (χ4n) is 2.66. The van der Waals surface area contributed by atoms with E-state index in [9.17, 15) is 13.2 Å². The van der Waals surface area contributed by atoms with Gasteiger partial charge in [0.1, 0.15) is 0 Å². The number of hydrogen-bond acceptors (Lipinski definition) is 0. The van der Waals surface area contributed by atoms with E-state index in [1.165, 1.54) is 23.3 Å². The smallest absolute Gasteiger partial charge is 0.166 e. The molecule has 0 spiro atoms. The fraction of sp³-hybridized carbons (Fsp3) is 0.294. The second-order valence-electron chi connectivity index (χ2n) is 5.48. The van der Waals surface area contributed by atoms with E-state index in [4.69, 9.17) is 0 Å². The van der Waals surface area contributed by atoms with Gasteiger partial charge in [0.2, 0.25) is 0 Å². The minimum Gasteiger partial charge on any atom is -0.166 e. The predicted molar refractivity (Wildman–Crippen MR) is 72.7 cm³/mol. The molecular weight excluding hydrogens is 261 g/mol. The molecule has 2 aromatic rings. The molecule has 1 aliphatic rings. The number of aryl methyl sites for hydroxylation is 1. The van der Waals surface area contributed by atoms with Crippen LogP contribution in [-0.4, -0.2) is 0 Å². The molecule has 0 amide bonds. The van der Waals surface area contributed by atoms with Gasteiger partial charge in [-0.25, -0.2) is 0 Å². The van der Waals surface area contributed by atoms with Crippen LogP contribution in [0.2, 0.25) is 0 Å². The third-order valence-corrected chi connectivity index (χ3v) is 3.96. The molecule has 0 unspecified atom stereocenters. The molecule has 2 aromatic carbocycles. The minimum absolute atomic E-state index is 0.361. The Labute approximate surface area is 116 Å². The minimum atomic E-state index is -4.25. The number of benzene rings is 2. The summed E-state index contributed by atoms with van der Waals surface area (Å²) >= 11 is 0. The Morgan fingerprint density at radius 2 is 1.25 bits per heavy atom. The molecule has 0 N–H and O–H groups in total. The van der Waals surface area contributed by atoms with Crippen LogP contribution >= 0.6 is 0 Å². The van der Waals surface area contributed by atoms with Crippen LogP contribution in [-0.2, 0) is 6.18 Å². The van der Waals surface area contributed by atoms with E-state index in [0.717, 1.165) is 12.0 Å². The first kappa shape index (κ1) is 13.2. The second kappa shape index (κ2) is 4.65. The summed E-state index contributed by atoms with van der Waals surface area (Å²) in [7, 11) is 0. The van der Waals surface area contributed by atoms with E-state index < -0.39 is 11.7 Å². The van der Waals surface area contributed by atoms with Crippen molar-refractivity contribution in [3.8, 4) is 0 Å². The Morgan fingerprint density at radius 3 is 1.70 bits per heavy atom. The van der Waals surface area contributed by atoms with Crippen LogP contribution in [0.1, 0.15) is 40.5 Å². The fourth-order valence-corrected chi connectivity index (χ4v) is 2.66. The zero-order chi connectivity index (χ0) is 14.3. The molecule has 104 valence electrons. The topological polar surface area (TPSA) is 0 Å². The summed E-state index contributed by atoms with van der Waals surface area (Å²) in [6.07, 6.45) is -3.23. The lowest BCUT2D eigenvalue weighted by atomic mass is 10.0. The maximum atomic E-state index is 12.5. The third-order valence-electron chi connectivity index (χ3n) is 3.96. The zero-order valence-corrected chi connectivity index (χ0v) is 11.1. The Morgan fingerprint density at radius 1 is 0.800 bits per heavy atom. The van der Waals surface area contributed by atoms with Crippen molar-refractivity contribution in [3.05, 3.63) is 70.8 Å². The average molecular weight is 276 g/mol. The first-order valence-corrected chi connectivity index (χ1v) is 6.69. The molecule has 0 radical (unpaired) electrons. The van der Waals surface area contributed by atoms with E-state index in [2.05, 4.69) is 24.3 Å². The van der Waals surface area contributed by atoms with E-state index in [0.29, 0.717) is 11.8 Å². The molecule has 0 nitrogen and oxygen atoms in total. The Bertz CT molecular complexity index is 594. The van der Waals surface area contributed by atoms with Crippen LogP contribution in [0.15, 0.2) is 48.5 Å². The largest absolute Gasteiger partial charge is 0.416 e. The molecule has 0 saturated heterocycles.